The van der Waals surface area contributed by atoms with Crippen LogP contribution in [0.3, 0.4) is 0 Å². The quantitative estimate of drug-likeness (QED) is 0.694. The van der Waals surface area contributed by atoms with Gasteiger partial charge in [0, 0.05) is 18.4 Å². The number of hydrogen-bond acceptors (Lipinski definition) is 4. The second-order valence-corrected chi connectivity index (χ2v) is 4.10. The molecule has 0 radical (unpaired) electrons. The number of pyridine rings is 1. The smallest absolute Gasteiger partial charge is 0.217 e. The molecule has 2 aromatic rings. The lowest BCUT2D eigenvalue weighted by Gasteiger charge is -2.11. The van der Waals surface area contributed by atoms with Gasteiger partial charge in [-0.1, -0.05) is 18.2 Å². The Labute approximate surface area is 105 Å². The summed E-state index contributed by atoms with van der Waals surface area (Å²) in [5.74, 6) is -0.288. The van der Waals surface area contributed by atoms with E-state index in [0.29, 0.717) is 25.1 Å². The van der Waals surface area contributed by atoms with Gasteiger partial charge in [-0.3, -0.25) is 9.78 Å². The summed E-state index contributed by atoms with van der Waals surface area (Å²) in [5, 5.41) is 4.22. The van der Waals surface area contributed by atoms with Crippen molar-refractivity contribution in [1.29, 1.82) is 0 Å². The van der Waals surface area contributed by atoms with E-state index in [2.05, 4.69) is 10.3 Å². The van der Waals surface area contributed by atoms with Gasteiger partial charge in [-0.15, -0.1) is 0 Å². The maximum Gasteiger partial charge on any atom is 0.217 e. The van der Waals surface area contributed by atoms with Gasteiger partial charge in [0.15, 0.2) is 0 Å². The number of carbonyl (C=O) groups is 1. The van der Waals surface area contributed by atoms with Crippen molar-refractivity contribution in [2.45, 2.75) is 12.8 Å². The number of primary amides is 1. The predicted molar refractivity (Wildman–Crippen MR) is 73.1 cm³/mol. The van der Waals surface area contributed by atoms with Crippen molar-refractivity contribution in [2.75, 3.05) is 17.6 Å². The highest BCUT2D eigenvalue weighted by Gasteiger charge is 2.05. The summed E-state index contributed by atoms with van der Waals surface area (Å²) in [6.45, 7) is 0.654. The molecule has 5 N–H and O–H groups in total. The lowest BCUT2D eigenvalue weighted by atomic mass is 10.1. The number of aromatic nitrogens is 1. The van der Waals surface area contributed by atoms with Crippen molar-refractivity contribution in [1.82, 2.24) is 4.98 Å². The zero-order chi connectivity index (χ0) is 13.0. The first-order valence-corrected chi connectivity index (χ1v) is 5.84. The van der Waals surface area contributed by atoms with Crippen LogP contribution >= 0.6 is 0 Å². The SMILES string of the molecule is NC(=O)CCCNc1c(N)cnc2ccccc12. The van der Waals surface area contributed by atoms with Crippen molar-refractivity contribution >= 4 is 28.2 Å². The summed E-state index contributed by atoms with van der Waals surface area (Å²) in [6.07, 6.45) is 2.69. The average molecular weight is 244 g/mol. The standard InChI is InChI=1S/C13H16N4O/c14-10-8-17-11-5-2-1-4-9(11)13(10)16-7-3-6-12(15)18/h1-2,4-5,8H,3,6-7,14H2,(H2,15,18)(H,16,17). The van der Waals surface area contributed by atoms with E-state index in [1.807, 2.05) is 24.3 Å². The Kier molecular flexibility index (Phi) is 3.62. The fraction of sp³-hybridized carbons (Fsp3) is 0.231. The van der Waals surface area contributed by atoms with Gasteiger partial charge >= 0.3 is 0 Å². The third kappa shape index (κ3) is 2.68. The molecule has 2 rings (SSSR count). The molecule has 0 aliphatic rings. The van der Waals surface area contributed by atoms with Crippen LogP contribution in [0.2, 0.25) is 0 Å². The Morgan fingerprint density at radius 3 is 2.89 bits per heavy atom. The number of para-hydroxylation sites is 1. The fourth-order valence-corrected chi connectivity index (χ4v) is 1.83. The lowest BCUT2D eigenvalue weighted by Crippen LogP contribution is -2.13. The molecule has 0 unspecified atom stereocenters. The fourth-order valence-electron chi connectivity index (χ4n) is 1.83. The molecule has 0 bridgehead atoms. The van der Waals surface area contributed by atoms with Gasteiger partial charge in [-0.2, -0.15) is 0 Å². The Morgan fingerprint density at radius 2 is 2.11 bits per heavy atom. The zero-order valence-corrected chi connectivity index (χ0v) is 10.0. The Morgan fingerprint density at radius 1 is 1.33 bits per heavy atom. The van der Waals surface area contributed by atoms with Crippen molar-refractivity contribution in [3.05, 3.63) is 30.5 Å². The number of nitrogens with zero attached hydrogens (tertiary/aromatic N) is 1. The van der Waals surface area contributed by atoms with Crippen LogP contribution in [0.25, 0.3) is 10.9 Å². The summed E-state index contributed by atoms with van der Waals surface area (Å²) in [4.78, 5) is 14.9. The number of carbonyl (C=O) groups excluding carboxylic acids is 1. The van der Waals surface area contributed by atoms with Crippen molar-refractivity contribution in [3.63, 3.8) is 0 Å². The Bertz CT molecular complexity index is 568. The van der Waals surface area contributed by atoms with Crippen LogP contribution in [0, 0.1) is 0 Å². The third-order valence-electron chi connectivity index (χ3n) is 2.71. The highest BCUT2D eigenvalue weighted by Crippen LogP contribution is 2.27. The Balaban J connectivity index is 2.16. The van der Waals surface area contributed by atoms with Crippen LogP contribution in [0.15, 0.2) is 30.5 Å². The number of fused-ring (bicyclic) bond motifs is 1. The van der Waals surface area contributed by atoms with Crippen LogP contribution in [0.1, 0.15) is 12.8 Å². The number of nitrogens with two attached hydrogens (primary N) is 2. The van der Waals surface area contributed by atoms with Gasteiger partial charge in [-0.25, -0.2) is 0 Å². The number of nitrogen functional groups attached to an aromatic ring is 1. The van der Waals surface area contributed by atoms with E-state index in [-0.39, 0.29) is 5.91 Å². The molecule has 0 aliphatic carbocycles. The van der Waals surface area contributed by atoms with Gasteiger partial charge in [0.2, 0.25) is 5.91 Å². The highest BCUT2D eigenvalue weighted by atomic mass is 16.1. The predicted octanol–water partition coefficient (Wildman–Crippen LogP) is 1.49. The average Bonchev–Trinajstić information content (AvgIpc) is 2.36. The number of amides is 1. The molecule has 1 heterocycles. The molecule has 94 valence electrons. The molecule has 0 spiro atoms. The van der Waals surface area contributed by atoms with E-state index < -0.39 is 0 Å². The van der Waals surface area contributed by atoms with Crippen molar-refractivity contribution in [2.24, 2.45) is 5.73 Å². The van der Waals surface area contributed by atoms with Crippen molar-refractivity contribution < 1.29 is 4.79 Å². The molecule has 5 nitrogen and oxygen atoms in total. The van der Waals surface area contributed by atoms with Crippen LogP contribution in [-0.4, -0.2) is 17.4 Å². The van der Waals surface area contributed by atoms with Gasteiger partial charge in [0.05, 0.1) is 23.1 Å². The number of benzene rings is 1. The monoisotopic (exact) mass is 244 g/mol. The molecule has 18 heavy (non-hydrogen) atoms. The third-order valence-corrected chi connectivity index (χ3v) is 2.71. The van der Waals surface area contributed by atoms with E-state index in [4.69, 9.17) is 11.5 Å². The first-order valence-electron chi connectivity index (χ1n) is 5.84. The van der Waals surface area contributed by atoms with Crippen LogP contribution < -0.4 is 16.8 Å². The largest absolute Gasteiger partial charge is 0.396 e. The molecular formula is C13H16N4O. The van der Waals surface area contributed by atoms with Gasteiger partial charge in [-0.05, 0) is 12.5 Å². The van der Waals surface area contributed by atoms with Crippen LogP contribution in [0.4, 0.5) is 11.4 Å². The van der Waals surface area contributed by atoms with Crippen molar-refractivity contribution in [3.8, 4) is 0 Å². The first kappa shape index (κ1) is 12.2. The first-order chi connectivity index (χ1) is 8.68. The zero-order valence-electron chi connectivity index (χ0n) is 10.0. The van der Waals surface area contributed by atoms with E-state index >= 15 is 0 Å². The maximum atomic E-state index is 10.6. The number of anilines is 2. The van der Waals surface area contributed by atoms with E-state index in [1.54, 1.807) is 6.20 Å². The summed E-state index contributed by atoms with van der Waals surface area (Å²) in [6, 6.07) is 7.78. The van der Waals surface area contributed by atoms with Gasteiger partial charge in [0.1, 0.15) is 0 Å². The molecule has 1 aromatic carbocycles. The molecule has 5 heteroatoms. The topological polar surface area (TPSA) is 94.0 Å². The highest BCUT2D eigenvalue weighted by molar-refractivity contribution is 5.96. The number of nitrogens with one attached hydrogen (secondary N) is 1. The molecule has 0 fully saturated rings. The Hall–Kier alpha value is -2.30. The molecule has 0 aliphatic heterocycles. The molecule has 0 saturated carbocycles. The lowest BCUT2D eigenvalue weighted by molar-refractivity contribution is -0.118. The van der Waals surface area contributed by atoms with E-state index in [0.717, 1.165) is 16.6 Å². The number of rotatable bonds is 5. The second-order valence-electron chi connectivity index (χ2n) is 4.10. The molecule has 1 amide bonds. The summed E-state index contributed by atoms with van der Waals surface area (Å²) < 4.78 is 0. The minimum Gasteiger partial charge on any atom is -0.396 e. The minimum absolute atomic E-state index is 0.288. The normalized spacial score (nSPS) is 10.4. The maximum absolute atomic E-state index is 10.6. The summed E-state index contributed by atoms with van der Waals surface area (Å²) in [7, 11) is 0. The second kappa shape index (κ2) is 5.35. The molecule has 0 atom stereocenters. The molecule has 1 aromatic heterocycles. The van der Waals surface area contributed by atoms with E-state index in [1.165, 1.54) is 0 Å². The summed E-state index contributed by atoms with van der Waals surface area (Å²) >= 11 is 0. The van der Waals surface area contributed by atoms with Crippen LogP contribution in [-0.2, 0) is 4.79 Å². The summed E-state index contributed by atoms with van der Waals surface area (Å²) in [5.41, 5.74) is 13.4. The molecular weight excluding hydrogens is 228 g/mol. The van der Waals surface area contributed by atoms with Gasteiger partial charge < -0.3 is 16.8 Å². The van der Waals surface area contributed by atoms with Gasteiger partial charge in [0.25, 0.3) is 0 Å². The van der Waals surface area contributed by atoms with Crippen LogP contribution in [0.5, 0.6) is 0 Å². The number of hydrogen-bond donors (Lipinski definition) is 3. The molecule has 0 saturated heterocycles. The van der Waals surface area contributed by atoms with E-state index in [9.17, 15) is 4.79 Å². The minimum atomic E-state index is -0.288.